The predicted molar refractivity (Wildman–Crippen MR) is 108 cm³/mol. The van der Waals surface area contributed by atoms with Crippen LogP contribution in [0.1, 0.15) is 31.9 Å². The summed E-state index contributed by atoms with van der Waals surface area (Å²) in [4.78, 5) is 0. The van der Waals surface area contributed by atoms with Gasteiger partial charge in [-0.25, -0.2) is 5.10 Å². The van der Waals surface area contributed by atoms with E-state index < -0.39 is 0 Å². The van der Waals surface area contributed by atoms with Crippen LogP contribution in [0.5, 0.6) is 5.75 Å². The van der Waals surface area contributed by atoms with Crippen molar-refractivity contribution < 1.29 is 4.74 Å². The lowest BCUT2D eigenvalue weighted by Gasteiger charge is -2.18. The van der Waals surface area contributed by atoms with Crippen LogP contribution >= 0.6 is 12.2 Å². The summed E-state index contributed by atoms with van der Waals surface area (Å²) in [5.41, 5.74) is 3.18. The molecule has 3 rings (SSSR count). The molecule has 0 aliphatic heterocycles. The van der Waals surface area contributed by atoms with Gasteiger partial charge in [0.25, 0.3) is 0 Å². The predicted octanol–water partition coefficient (Wildman–Crippen LogP) is 4.80. The van der Waals surface area contributed by atoms with Crippen molar-refractivity contribution in [3.63, 3.8) is 0 Å². The molecule has 0 saturated heterocycles. The van der Waals surface area contributed by atoms with Gasteiger partial charge in [0.2, 0.25) is 4.77 Å². The van der Waals surface area contributed by atoms with Crippen molar-refractivity contribution in [3.05, 3.63) is 64.4 Å². The highest BCUT2D eigenvalue weighted by Crippen LogP contribution is 2.25. The minimum Gasteiger partial charge on any atom is -0.496 e. The van der Waals surface area contributed by atoms with Gasteiger partial charge in [-0.15, -0.1) is 0 Å². The van der Waals surface area contributed by atoms with Crippen LogP contribution in [0.4, 0.5) is 0 Å². The Kier molecular flexibility index (Phi) is 5.04. The zero-order chi connectivity index (χ0) is 18.7. The molecule has 3 aromatic rings. The fourth-order valence-corrected chi connectivity index (χ4v) is 2.78. The van der Waals surface area contributed by atoms with Crippen molar-refractivity contribution in [2.45, 2.75) is 26.2 Å². The largest absolute Gasteiger partial charge is 0.496 e. The third-order valence-electron chi connectivity index (χ3n) is 4.11. The number of nitrogens with zero attached hydrogens (tertiary/aromatic N) is 3. The summed E-state index contributed by atoms with van der Waals surface area (Å²) in [5, 5.41) is 11.7. The molecule has 1 aromatic heterocycles. The second-order valence-corrected chi connectivity index (χ2v) is 7.36. The Labute approximate surface area is 158 Å². The van der Waals surface area contributed by atoms with Crippen molar-refractivity contribution in [1.82, 2.24) is 14.9 Å². The van der Waals surface area contributed by atoms with Gasteiger partial charge in [-0.05, 0) is 35.3 Å². The molecule has 0 aliphatic carbocycles. The van der Waals surface area contributed by atoms with E-state index >= 15 is 0 Å². The molecule has 26 heavy (non-hydrogen) atoms. The van der Waals surface area contributed by atoms with Crippen LogP contribution in [0.2, 0.25) is 0 Å². The van der Waals surface area contributed by atoms with Crippen LogP contribution < -0.4 is 4.74 Å². The number of aromatic nitrogens is 3. The van der Waals surface area contributed by atoms with Gasteiger partial charge in [0.15, 0.2) is 5.82 Å². The summed E-state index contributed by atoms with van der Waals surface area (Å²) >= 11 is 5.33. The molecule has 0 radical (unpaired) electrons. The van der Waals surface area contributed by atoms with Gasteiger partial charge in [0.05, 0.1) is 13.3 Å². The first-order valence-electron chi connectivity index (χ1n) is 8.36. The molecule has 6 heteroatoms. The van der Waals surface area contributed by atoms with E-state index in [1.807, 2.05) is 36.4 Å². The van der Waals surface area contributed by atoms with E-state index in [2.05, 4.69) is 48.2 Å². The monoisotopic (exact) mass is 366 g/mol. The molecule has 0 spiro atoms. The van der Waals surface area contributed by atoms with E-state index in [4.69, 9.17) is 17.0 Å². The van der Waals surface area contributed by atoms with Gasteiger partial charge in [0.1, 0.15) is 5.75 Å². The first-order valence-corrected chi connectivity index (χ1v) is 8.76. The standard InChI is InChI=1S/C20H22N4OS/c1-20(2,3)16-11-9-14(10-12-16)18-22-23-19(26)24(18)21-13-15-7-5-6-8-17(15)25-4/h5-13H,1-4H3,(H,23,26). The number of nitrogens with one attached hydrogen (secondary N) is 1. The molecule has 2 aromatic carbocycles. The van der Waals surface area contributed by atoms with Gasteiger partial charge in [-0.2, -0.15) is 14.9 Å². The Morgan fingerprint density at radius 3 is 2.46 bits per heavy atom. The van der Waals surface area contributed by atoms with E-state index in [0.717, 1.165) is 16.9 Å². The second kappa shape index (κ2) is 7.25. The molecule has 134 valence electrons. The lowest BCUT2D eigenvalue weighted by atomic mass is 9.87. The molecule has 0 aliphatic rings. The van der Waals surface area contributed by atoms with Crippen molar-refractivity contribution in [1.29, 1.82) is 0 Å². The fraction of sp³-hybridized carbons (Fsp3) is 0.250. The number of rotatable bonds is 4. The van der Waals surface area contributed by atoms with E-state index in [9.17, 15) is 0 Å². The first kappa shape index (κ1) is 18.1. The van der Waals surface area contributed by atoms with E-state index in [1.54, 1.807) is 18.0 Å². The Morgan fingerprint density at radius 1 is 1.12 bits per heavy atom. The lowest BCUT2D eigenvalue weighted by Crippen LogP contribution is -2.10. The van der Waals surface area contributed by atoms with Crippen molar-refractivity contribution in [2.75, 3.05) is 7.11 Å². The third kappa shape index (κ3) is 3.75. The maximum absolute atomic E-state index is 5.36. The molecule has 0 bridgehead atoms. The maximum atomic E-state index is 5.36. The minimum absolute atomic E-state index is 0.102. The third-order valence-corrected chi connectivity index (χ3v) is 4.38. The average Bonchev–Trinajstić information content (AvgIpc) is 3.00. The smallest absolute Gasteiger partial charge is 0.216 e. The van der Waals surface area contributed by atoms with E-state index in [1.165, 1.54) is 5.56 Å². The number of benzene rings is 2. The summed E-state index contributed by atoms with van der Waals surface area (Å²) in [6, 6.07) is 16.0. The SMILES string of the molecule is COc1ccccc1C=Nn1c(-c2ccc(C(C)(C)C)cc2)n[nH]c1=S. The van der Waals surface area contributed by atoms with Crippen LogP contribution in [0, 0.1) is 4.77 Å². The van der Waals surface area contributed by atoms with Gasteiger partial charge in [-0.1, -0.05) is 57.2 Å². The number of H-pyrrole nitrogens is 1. The Bertz CT molecular complexity index is 978. The van der Waals surface area contributed by atoms with Crippen molar-refractivity contribution in [3.8, 4) is 17.1 Å². The number of methoxy groups -OCH3 is 1. The zero-order valence-electron chi connectivity index (χ0n) is 15.4. The van der Waals surface area contributed by atoms with E-state index in [-0.39, 0.29) is 5.41 Å². The fourth-order valence-electron chi connectivity index (χ4n) is 2.60. The number of hydrogen-bond acceptors (Lipinski definition) is 4. The van der Waals surface area contributed by atoms with Crippen molar-refractivity contribution in [2.24, 2.45) is 5.10 Å². The summed E-state index contributed by atoms with van der Waals surface area (Å²) in [6.07, 6.45) is 1.72. The summed E-state index contributed by atoms with van der Waals surface area (Å²) in [7, 11) is 1.64. The topological polar surface area (TPSA) is 55.2 Å². The summed E-state index contributed by atoms with van der Waals surface area (Å²) in [6.45, 7) is 6.57. The molecule has 5 nitrogen and oxygen atoms in total. The van der Waals surface area contributed by atoms with Crippen LogP contribution in [0.3, 0.4) is 0 Å². The van der Waals surface area contributed by atoms with Crippen LogP contribution in [-0.4, -0.2) is 28.2 Å². The minimum atomic E-state index is 0.102. The van der Waals surface area contributed by atoms with Gasteiger partial charge in [-0.3, -0.25) is 0 Å². The van der Waals surface area contributed by atoms with Crippen LogP contribution in [0.15, 0.2) is 53.6 Å². The second-order valence-electron chi connectivity index (χ2n) is 6.98. The molecular formula is C20H22N4OS. The van der Waals surface area contributed by atoms with Gasteiger partial charge >= 0.3 is 0 Å². The number of para-hydroxylation sites is 1. The van der Waals surface area contributed by atoms with E-state index in [0.29, 0.717) is 10.6 Å². The Morgan fingerprint density at radius 2 is 1.81 bits per heavy atom. The molecule has 0 atom stereocenters. The van der Waals surface area contributed by atoms with Crippen LogP contribution in [-0.2, 0) is 5.41 Å². The maximum Gasteiger partial charge on any atom is 0.216 e. The van der Waals surface area contributed by atoms with Crippen molar-refractivity contribution >= 4 is 18.4 Å². The quantitative estimate of drug-likeness (QED) is 0.533. The number of ether oxygens (including phenoxy) is 1. The molecule has 1 N–H and O–H groups in total. The molecule has 0 unspecified atom stereocenters. The summed E-state index contributed by atoms with van der Waals surface area (Å²) < 4.78 is 7.41. The van der Waals surface area contributed by atoms with Gasteiger partial charge in [0, 0.05) is 11.1 Å². The number of hydrogen-bond donors (Lipinski definition) is 1. The highest BCUT2D eigenvalue weighted by molar-refractivity contribution is 7.71. The highest BCUT2D eigenvalue weighted by atomic mass is 32.1. The molecule has 0 amide bonds. The Balaban J connectivity index is 1.97. The normalized spacial score (nSPS) is 11.8. The Hall–Kier alpha value is -2.73. The zero-order valence-corrected chi connectivity index (χ0v) is 16.2. The van der Waals surface area contributed by atoms with Crippen LogP contribution in [0.25, 0.3) is 11.4 Å². The van der Waals surface area contributed by atoms with Gasteiger partial charge < -0.3 is 4.74 Å². The highest BCUT2D eigenvalue weighted by Gasteiger charge is 2.14. The molecular weight excluding hydrogens is 344 g/mol. The first-order chi connectivity index (χ1) is 12.4. The average molecular weight is 366 g/mol. The molecule has 1 heterocycles. The summed E-state index contributed by atoms with van der Waals surface area (Å²) in [5.74, 6) is 1.42. The molecule has 0 fully saturated rings. The molecule has 0 saturated carbocycles. The number of aromatic amines is 1. The lowest BCUT2D eigenvalue weighted by molar-refractivity contribution is 0.414.